The lowest BCUT2D eigenvalue weighted by Crippen LogP contribution is -2.46. The van der Waals surface area contributed by atoms with E-state index in [2.05, 4.69) is 10.5 Å². The second-order valence-corrected chi connectivity index (χ2v) is 6.46. The lowest BCUT2D eigenvalue weighted by atomic mass is 9.70. The van der Waals surface area contributed by atoms with Crippen LogP contribution in [0.5, 0.6) is 0 Å². The summed E-state index contributed by atoms with van der Waals surface area (Å²) in [6.45, 7) is 2.59. The molecule has 1 aromatic carbocycles. The standard InChI is InChI=1S/C18H21N3O4/c1-13-11-15(20-25-13)19-16(22)12-18(14-5-3-2-4-6-14)7-9-21(10-8-18)17(23)24/h2-6,11H,7-10,12H2,1H3,(H,23,24)(H,19,20,22). The van der Waals surface area contributed by atoms with Crippen molar-refractivity contribution >= 4 is 17.8 Å². The molecule has 0 aliphatic carbocycles. The molecule has 0 bridgehead atoms. The molecular weight excluding hydrogens is 322 g/mol. The lowest BCUT2D eigenvalue weighted by molar-refractivity contribution is -0.117. The second kappa shape index (κ2) is 6.96. The molecule has 1 aliphatic rings. The largest absolute Gasteiger partial charge is 0.465 e. The Kier molecular flexibility index (Phi) is 4.74. The summed E-state index contributed by atoms with van der Waals surface area (Å²) in [4.78, 5) is 25.2. The third-order valence-electron chi connectivity index (χ3n) is 4.77. The summed E-state index contributed by atoms with van der Waals surface area (Å²) in [5, 5.41) is 15.7. The van der Waals surface area contributed by atoms with E-state index in [-0.39, 0.29) is 17.7 Å². The van der Waals surface area contributed by atoms with Gasteiger partial charge in [-0.15, -0.1) is 0 Å². The van der Waals surface area contributed by atoms with E-state index < -0.39 is 6.09 Å². The Balaban J connectivity index is 1.78. The molecule has 2 heterocycles. The van der Waals surface area contributed by atoms with Gasteiger partial charge in [-0.2, -0.15) is 0 Å². The van der Waals surface area contributed by atoms with Gasteiger partial charge >= 0.3 is 6.09 Å². The summed E-state index contributed by atoms with van der Waals surface area (Å²) in [6.07, 6.45) is 0.573. The Morgan fingerprint density at radius 2 is 1.96 bits per heavy atom. The monoisotopic (exact) mass is 343 g/mol. The van der Waals surface area contributed by atoms with Gasteiger partial charge in [0.25, 0.3) is 0 Å². The number of carbonyl (C=O) groups is 2. The van der Waals surface area contributed by atoms with E-state index in [4.69, 9.17) is 4.52 Å². The summed E-state index contributed by atoms with van der Waals surface area (Å²) >= 11 is 0. The normalized spacial score (nSPS) is 16.4. The van der Waals surface area contributed by atoms with Crippen molar-refractivity contribution in [1.82, 2.24) is 10.1 Å². The lowest BCUT2D eigenvalue weighted by Gasteiger charge is -2.41. The van der Waals surface area contributed by atoms with Crippen molar-refractivity contribution in [2.45, 2.75) is 31.6 Å². The van der Waals surface area contributed by atoms with Gasteiger partial charge in [-0.3, -0.25) is 4.79 Å². The average molecular weight is 343 g/mol. The zero-order valence-electron chi connectivity index (χ0n) is 14.1. The fraction of sp³-hybridized carbons (Fsp3) is 0.389. The smallest absolute Gasteiger partial charge is 0.407 e. The molecule has 7 heteroatoms. The van der Waals surface area contributed by atoms with Crippen LogP contribution >= 0.6 is 0 Å². The van der Waals surface area contributed by atoms with Crippen molar-refractivity contribution < 1.29 is 19.2 Å². The van der Waals surface area contributed by atoms with Gasteiger partial charge in [0.05, 0.1) is 0 Å². The molecule has 132 valence electrons. The Morgan fingerprint density at radius 3 is 2.52 bits per heavy atom. The topological polar surface area (TPSA) is 95.7 Å². The second-order valence-electron chi connectivity index (χ2n) is 6.46. The SMILES string of the molecule is Cc1cc(NC(=O)CC2(c3ccccc3)CCN(C(=O)O)CC2)no1. The van der Waals surface area contributed by atoms with Crippen LogP contribution < -0.4 is 5.32 Å². The molecule has 2 N–H and O–H groups in total. The molecule has 1 fully saturated rings. The minimum absolute atomic E-state index is 0.152. The first-order valence-corrected chi connectivity index (χ1v) is 8.25. The Hall–Kier alpha value is -2.83. The third-order valence-corrected chi connectivity index (χ3v) is 4.77. The highest BCUT2D eigenvalue weighted by Gasteiger charge is 2.39. The van der Waals surface area contributed by atoms with Crippen LogP contribution in [0.3, 0.4) is 0 Å². The molecule has 7 nitrogen and oxygen atoms in total. The zero-order valence-corrected chi connectivity index (χ0v) is 14.1. The highest BCUT2D eigenvalue weighted by atomic mass is 16.5. The number of aryl methyl sites for hydroxylation is 1. The summed E-state index contributed by atoms with van der Waals surface area (Å²) in [5.74, 6) is 0.873. The number of piperidine rings is 1. The maximum Gasteiger partial charge on any atom is 0.407 e. The quantitative estimate of drug-likeness (QED) is 0.889. The zero-order chi connectivity index (χ0) is 17.9. The number of carboxylic acid groups (broad SMARTS) is 1. The van der Waals surface area contributed by atoms with E-state index in [1.807, 2.05) is 30.3 Å². The van der Waals surface area contributed by atoms with Crippen LogP contribution in [-0.4, -0.2) is 40.3 Å². The third kappa shape index (κ3) is 3.81. The molecule has 2 amide bonds. The van der Waals surface area contributed by atoms with Gasteiger partial charge < -0.3 is 19.8 Å². The van der Waals surface area contributed by atoms with Crippen molar-refractivity contribution in [1.29, 1.82) is 0 Å². The minimum Gasteiger partial charge on any atom is -0.465 e. The summed E-state index contributed by atoms with van der Waals surface area (Å²) < 4.78 is 4.97. The van der Waals surface area contributed by atoms with Crippen molar-refractivity contribution in [3.05, 3.63) is 47.7 Å². The molecule has 1 aromatic heterocycles. The Bertz CT molecular complexity index is 749. The highest BCUT2D eigenvalue weighted by Crippen LogP contribution is 2.39. The van der Waals surface area contributed by atoms with Crippen LogP contribution in [0.15, 0.2) is 40.9 Å². The highest BCUT2D eigenvalue weighted by molar-refractivity contribution is 5.90. The number of amides is 2. The number of benzene rings is 1. The fourth-order valence-corrected chi connectivity index (χ4v) is 3.40. The summed E-state index contributed by atoms with van der Waals surface area (Å²) in [7, 11) is 0. The maximum atomic E-state index is 12.6. The number of likely N-dealkylation sites (tertiary alicyclic amines) is 1. The molecule has 0 unspecified atom stereocenters. The first-order valence-electron chi connectivity index (χ1n) is 8.25. The van der Waals surface area contributed by atoms with Gasteiger partial charge in [-0.05, 0) is 25.3 Å². The molecule has 0 spiro atoms. The van der Waals surface area contributed by atoms with Crippen molar-refractivity contribution in [2.24, 2.45) is 0 Å². The summed E-state index contributed by atoms with van der Waals surface area (Å²) in [6, 6.07) is 11.5. The number of anilines is 1. The molecular formula is C18H21N3O4. The molecule has 3 rings (SSSR count). The van der Waals surface area contributed by atoms with E-state index in [1.165, 1.54) is 4.90 Å². The maximum absolute atomic E-state index is 12.6. The number of carbonyl (C=O) groups excluding carboxylic acids is 1. The first-order chi connectivity index (χ1) is 12.0. The minimum atomic E-state index is -0.913. The van der Waals surface area contributed by atoms with E-state index in [0.29, 0.717) is 37.5 Å². The van der Waals surface area contributed by atoms with E-state index in [1.54, 1.807) is 13.0 Å². The van der Waals surface area contributed by atoms with Crippen LogP contribution in [0.2, 0.25) is 0 Å². The van der Waals surface area contributed by atoms with Gasteiger partial charge in [0.2, 0.25) is 5.91 Å². The number of hydrogen-bond acceptors (Lipinski definition) is 4. The molecule has 1 aliphatic heterocycles. The predicted octanol–water partition coefficient (Wildman–Crippen LogP) is 3.02. The fourth-order valence-electron chi connectivity index (χ4n) is 3.40. The number of nitrogens with one attached hydrogen (secondary N) is 1. The first kappa shape index (κ1) is 17.0. The number of rotatable bonds is 4. The van der Waals surface area contributed by atoms with E-state index in [9.17, 15) is 14.7 Å². The number of nitrogens with zero attached hydrogens (tertiary/aromatic N) is 2. The van der Waals surface area contributed by atoms with Gasteiger partial charge in [0.1, 0.15) is 5.76 Å². The van der Waals surface area contributed by atoms with Crippen molar-refractivity contribution in [3.63, 3.8) is 0 Å². The number of hydrogen-bond donors (Lipinski definition) is 2. The molecule has 25 heavy (non-hydrogen) atoms. The van der Waals surface area contributed by atoms with Gasteiger partial charge in [-0.25, -0.2) is 4.79 Å². The van der Waals surface area contributed by atoms with Crippen LogP contribution in [0.1, 0.15) is 30.6 Å². The van der Waals surface area contributed by atoms with E-state index >= 15 is 0 Å². The predicted molar refractivity (Wildman–Crippen MR) is 91.4 cm³/mol. The van der Waals surface area contributed by atoms with Crippen LogP contribution in [0.25, 0.3) is 0 Å². The molecule has 0 radical (unpaired) electrons. The Labute approximate surface area is 145 Å². The molecule has 1 saturated heterocycles. The molecule has 0 atom stereocenters. The van der Waals surface area contributed by atoms with Gasteiger partial charge in [-0.1, -0.05) is 35.5 Å². The van der Waals surface area contributed by atoms with E-state index in [0.717, 1.165) is 5.56 Å². The summed E-state index contributed by atoms with van der Waals surface area (Å²) in [5.41, 5.74) is 0.683. The molecule has 2 aromatic rings. The van der Waals surface area contributed by atoms with Crippen LogP contribution in [0, 0.1) is 6.92 Å². The van der Waals surface area contributed by atoms with Gasteiger partial charge in [0.15, 0.2) is 5.82 Å². The molecule has 0 saturated carbocycles. The Morgan fingerprint density at radius 1 is 1.28 bits per heavy atom. The number of aromatic nitrogens is 1. The average Bonchev–Trinajstić information content (AvgIpc) is 3.00. The van der Waals surface area contributed by atoms with Crippen LogP contribution in [0.4, 0.5) is 10.6 Å². The van der Waals surface area contributed by atoms with Crippen molar-refractivity contribution in [3.8, 4) is 0 Å². The van der Waals surface area contributed by atoms with Crippen molar-refractivity contribution in [2.75, 3.05) is 18.4 Å². The van der Waals surface area contributed by atoms with Crippen LogP contribution in [-0.2, 0) is 10.2 Å². The van der Waals surface area contributed by atoms with Gasteiger partial charge in [0, 0.05) is 31.0 Å².